The van der Waals surface area contributed by atoms with Crippen molar-refractivity contribution in [1.29, 1.82) is 0 Å². The first-order chi connectivity index (χ1) is 15.7. The van der Waals surface area contributed by atoms with Crippen molar-refractivity contribution in [2.45, 2.75) is 111 Å². The van der Waals surface area contributed by atoms with Crippen molar-refractivity contribution < 1.29 is 20.4 Å². The van der Waals surface area contributed by atoms with Crippen LogP contribution in [-0.2, 0) is 0 Å². The molecule has 0 bridgehead atoms. The Hall–Kier alpha value is -0.420. The van der Waals surface area contributed by atoms with Crippen LogP contribution in [0.5, 0.6) is 0 Å². The van der Waals surface area contributed by atoms with E-state index in [4.69, 9.17) is 0 Å². The van der Waals surface area contributed by atoms with Gasteiger partial charge in [-0.1, -0.05) is 48.1 Å². The number of fused-ring (bicyclic) bond motifs is 7. The summed E-state index contributed by atoms with van der Waals surface area (Å²) in [6.07, 6.45) is 6.33. The lowest BCUT2D eigenvalue weighted by Gasteiger charge is -2.74. The van der Waals surface area contributed by atoms with Crippen molar-refractivity contribution in [2.75, 3.05) is 6.61 Å². The van der Waals surface area contributed by atoms with E-state index in [2.05, 4.69) is 48.1 Å². The fourth-order valence-corrected chi connectivity index (χ4v) is 11.5. The lowest BCUT2D eigenvalue weighted by Crippen LogP contribution is -2.72. The van der Waals surface area contributed by atoms with Crippen molar-refractivity contribution in [3.8, 4) is 0 Å². The normalized spacial score (nSPS) is 58.3. The van der Waals surface area contributed by atoms with E-state index in [1.807, 2.05) is 0 Å². The Balaban J connectivity index is 1.60. The van der Waals surface area contributed by atoms with Crippen LogP contribution in [-0.4, -0.2) is 45.3 Å². The maximum atomic E-state index is 12.0. The van der Waals surface area contributed by atoms with E-state index in [0.717, 1.165) is 31.3 Å². The van der Waals surface area contributed by atoms with E-state index in [-0.39, 0.29) is 40.1 Å². The molecule has 5 saturated carbocycles. The average Bonchev–Trinajstić information content (AvgIpc) is 3.11. The second kappa shape index (κ2) is 7.55. The molecule has 0 amide bonds. The summed E-state index contributed by atoms with van der Waals surface area (Å²) in [5, 5.41) is 44.5. The second-order valence-corrected chi connectivity index (χ2v) is 14.9. The maximum Gasteiger partial charge on any atom is 0.0641 e. The Morgan fingerprint density at radius 3 is 2.15 bits per heavy atom. The first-order valence-electron chi connectivity index (χ1n) is 14.0. The van der Waals surface area contributed by atoms with Gasteiger partial charge in [0.25, 0.3) is 0 Å². The lowest BCUT2D eigenvalue weighted by atomic mass is 9.31. The number of hydrogen-bond acceptors (Lipinski definition) is 4. The summed E-state index contributed by atoms with van der Waals surface area (Å²) >= 11 is 0. The molecule has 4 N–H and O–H groups in total. The van der Waals surface area contributed by atoms with E-state index < -0.39 is 23.7 Å². The molecule has 0 aromatic rings. The molecule has 0 aromatic heterocycles. The van der Waals surface area contributed by atoms with Gasteiger partial charge in [0, 0.05) is 11.8 Å². The highest BCUT2D eigenvalue weighted by molar-refractivity contribution is 5.23. The quantitative estimate of drug-likeness (QED) is 0.428. The number of aliphatic hydroxyl groups is 4. The minimum atomic E-state index is -0.595. The fourth-order valence-electron chi connectivity index (χ4n) is 11.5. The Bertz CT molecular complexity index is 853. The monoisotopic (exact) mass is 474 g/mol. The standard InChI is InChI=1S/C30H50O4/c1-17(16-31)18-8-10-27(4)12-13-28(5)19(24(18)27)14-20(32)25-29(28,6)11-9-21-26(2,3)22(33)15-23(34)30(21,25)7/h18-25,31-34H,1,8-16H2,2-7H3/t18-,19+,20+,21-,22-,23+,24+,25-,27+,28+,29+,30+/m0/s1. The summed E-state index contributed by atoms with van der Waals surface area (Å²) in [6.45, 7) is 18.3. The first-order valence-corrected chi connectivity index (χ1v) is 14.0. The molecule has 5 aliphatic carbocycles. The average molecular weight is 475 g/mol. The molecule has 0 radical (unpaired) electrons. The third kappa shape index (κ3) is 2.86. The van der Waals surface area contributed by atoms with Gasteiger partial charge in [0.2, 0.25) is 0 Å². The Labute approximate surface area is 207 Å². The molecule has 0 heterocycles. The molecular weight excluding hydrogens is 424 g/mol. The van der Waals surface area contributed by atoms with Gasteiger partial charge in [0.05, 0.1) is 24.9 Å². The van der Waals surface area contributed by atoms with Gasteiger partial charge in [0.15, 0.2) is 0 Å². The largest absolute Gasteiger partial charge is 0.393 e. The van der Waals surface area contributed by atoms with Crippen molar-refractivity contribution in [1.82, 2.24) is 0 Å². The summed E-state index contributed by atoms with van der Waals surface area (Å²) < 4.78 is 0. The SMILES string of the molecule is C=C(CO)[C@@H]1CC[C@]2(C)CC[C@]3(C)[C@H](C[C@@H](O)[C@@H]4[C@@]5(C)[C@H](O)C[C@H](O)C(C)(C)[C@@H]5CC[C@]43C)[C@@H]12. The predicted molar refractivity (Wildman–Crippen MR) is 135 cm³/mol. The van der Waals surface area contributed by atoms with E-state index in [0.29, 0.717) is 24.2 Å². The lowest BCUT2D eigenvalue weighted by molar-refractivity contribution is -0.298. The third-order valence-electron chi connectivity index (χ3n) is 13.6. The molecule has 5 aliphatic rings. The van der Waals surface area contributed by atoms with Crippen molar-refractivity contribution >= 4 is 0 Å². The van der Waals surface area contributed by atoms with Gasteiger partial charge < -0.3 is 20.4 Å². The molecule has 0 spiro atoms. The molecule has 0 saturated heterocycles. The summed E-state index contributed by atoms with van der Waals surface area (Å²) in [6, 6.07) is 0. The highest BCUT2D eigenvalue weighted by atomic mass is 16.3. The highest BCUT2D eigenvalue weighted by Crippen LogP contribution is 2.77. The van der Waals surface area contributed by atoms with Crippen LogP contribution in [0, 0.1) is 56.7 Å². The van der Waals surface area contributed by atoms with Crippen LogP contribution >= 0.6 is 0 Å². The predicted octanol–water partition coefficient (Wildman–Crippen LogP) is 4.94. The zero-order chi connectivity index (χ0) is 25.1. The van der Waals surface area contributed by atoms with E-state index in [1.165, 1.54) is 19.3 Å². The van der Waals surface area contributed by atoms with Gasteiger partial charge in [-0.05, 0) is 102 Å². The topological polar surface area (TPSA) is 80.9 Å². The maximum absolute atomic E-state index is 12.0. The summed E-state index contributed by atoms with van der Waals surface area (Å²) in [5.41, 5.74) is 0.560. The molecule has 0 aromatic carbocycles. The number of hydrogen-bond donors (Lipinski definition) is 4. The molecule has 12 atom stereocenters. The van der Waals surface area contributed by atoms with Crippen LogP contribution in [0.2, 0.25) is 0 Å². The van der Waals surface area contributed by atoms with Gasteiger partial charge in [-0.3, -0.25) is 0 Å². The van der Waals surface area contributed by atoms with Gasteiger partial charge in [0.1, 0.15) is 0 Å². The minimum absolute atomic E-state index is 0.0204. The molecule has 194 valence electrons. The molecule has 4 nitrogen and oxygen atoms in total. The van der Waals surface area contributed by atoms with Gasteiger partial charge in [-0.25, -0.2) is 0 Å². The van der Waals surface area contributed by atoms with Gasteiger partial charge in [-0.2, -0.15) is 0 Å². The minimum Gasteiger partial charge on any atom is -0.393 e. The van der Waals surface area contributed by atoms with Crippen molar-refractivity contribution in [3.05, 3.63) is 12.2 Å². The fraction of sp³-hybridized carbons (Fsp3) is 0.933. The van der Waals surface area contributed by atoms with Crippen LogP contribution in [0.1, 0.15) is 92.9 Å². The van der Waals surface area contributed by atoms with Gasteiger partial charge in [-0.15, -0.1) is 0 Å². The van der Waals surface area contributed by atoms with Crippen LogP contribution in [0.25, 0.3) is 0 Å². The number of rotatable bonds is 2. The van der Waals surface area contributed by atoms with Crippen molar-refractivity contribution in [2.24, 2.45) is 56.7 Å². The van der Waals surface area contributed by atoms with Crippen molar-refractivity contribution in [3.63, 3.8) is 0 Å². The summed E-state index contributed by atoms with van der Waals surface area (Å²) in [4.78, 5) is 0. The van der Waals surface area contributed by atoms with Crippen LogP contribution in [0.4, 0.5) is 0 Å². The van der Waals surface area contributed by atoms with Crippen LogP contribution in [0.3, 0.4) is 0 Å². The number of aliphatic hydroxyl groups excluding tert-OH is 4. The molecule has 5 rings (SSSR count). The zero-order valence-corrected chi connectivity index (χ0v) is 22.5. The summed E-state index contributed by atoms with van der Waals surface area (Å²) in [7, 11) is 0. The van der Waals surface area contributed by atoms with E-state index in [1.54, 1.807) is 0 Å². The molecule has 5 fully saturated rings. The van der Waals surface area contributed by atoms with Crippen LogP contribution in [0.15, 0.2) is 12.2 Å². The highest BCUT2D eigenvalue weighted by Gasteiger charge is 2.73. The van der Waals surface area contributed by atoms with Gasteiger partial charge >= 0.3 is 0 Å². The first kappa shape index (κ1) is 25.2. The smallest absolute Gasteiger partial charge is 0.0641 e. The third-order valence-corrected chi connectivity index (χ3v) is 13.6. The Kier molecular flexibility index (Phi) is 5.61. The molecule has 4 heteroatoms. The molecule has 0 aliphatic heterocycles. The summed E-state index contributed by atoms with van der Waals surface area (Å²) in [5.74, 6) is 1.41. The molecule has 0 unspecified atom stereocenters. The van der Waals surface area contributed by atoms with E-state index in [9.17, 15) is 20.4 Å². The Morgan fingerprint density at radius 1 is 0.824 bits per heavy atom. The molecule has 34 heavy (non-hydrogen) atoms. The van der Waals surface area contributed by atoms with E-state index >= 15 is 0 Å². The molecular formula is C30H50O4. The van der Waals surface area contributed by atoms with Crippen LogP contribution < -0.4 is 0 Å². The Morgan fingerprint density at radius 2 is 1.50 bits per heavy atom. The second-order valence-electron chi connectivity index (χ2n) is 14.9. The zero-order valence-electron chi connectivity index (χ0n) is 22.5.